The summed E-state index contributed by atoms with van der Waals surface area (Å²) in [6.45, 7) is 13.0. The van der Waals surface area contributed by atoms with E-state index in [1.807, 2.05) is 6.92 Å². The maximum Gasteiger partial charge on any atom is 0.105 e. The highest BCUT2D eigenvalue weighted by Crippen LogP contribution is 2.31. The second-order valence-electron chi connectivity index (χ2n) is 6.33. The molecule has 2 unspecified atom stereocenters. The van der Waals surface area contributed by atoms with Gasteiger partial charge in [-0.15, -0.1) is 0 Å². The van der Waals surface area contributed by atoms with Gasteiger partial charge >= 0.3 is 0 Å². The van der Waals surface area contributed by atoms with Crippen molar-refractivity contribution in [2.75, 3.05) is 13.1 Å². The summed E-state index contributed by atoms with van der Waals surface area (Å²) in [6.07, 6.45) is 3.67. The topological polar surface area (TPSA) is 39.1 Å². The molecule has 0 aromatic carbocycles. The standard InChI is InChI=1S/C15H29N3/c1-6-18(10-14-7-8-14)13(4)9-15(5,11-16)17-12(2)3/h12-14,17H,6-10H2,1-5H3. The minimum Gasteiger partial charge on any atom is -0.301 e. The normalized spacial score (nSPS) is 20.8. The second kappa shape index (κ2) is 6.54. The Balaban J connectivity index is 2.53. The molecular formula is C15H29N3. The molecule has 0 aromatic rings. The lowest BCUT2D eigenvalue weighted by molar-refractivity contribution is 0.174. The Kier molecular flexibility index (Phi) is 5.62. The Morgan fingerprint density at radius 1 is 1.39 bits per heavy atom. The molecule has 2 atom stereocenters. The van der Waals surface area contributed by atoms with Gasteiger partial charge in [0, 0.05) is 18.6 Å². The largest absolute Gasteiger partial charge is 0.301 e. The average Bonchev–Trinajstić information content (AvgIpc) is 3.08. The van der Waals surface area contributed by atoms with Crippen molar-refractivity contribution in [2.24, 2.45) is 5.92 Å². The van der Waals surface area contributed by atoms with Crippen LogP contribution < -0.4 is 5.32 Å². The molecule has 0 aromatic heterocycles. The van der Waals surface area contributed by atoms with Crippen LogP contribution in [0.15, 0.2) is 0 Å². The number of nitriles is 1. The fourth-order valence-corrected chi connectivity index (χ4v) is 2.75. The fourth-order valence-electron chi connectivity index (χ4n) is 2.75. The van der Waals surface area contributed by atoms with Gasteiger partial charge in [-0.05, 0) is 59.4 Å². The first-order valence-corrected chi connectivity index (χ1v) is 7.33. The van der Waals surface area contributed by atoms with Gasteiger partial charge in [0.1, 0.15) is 5.54 Å². The van der Waals surface area contributed by atoms with E-state index in [0.29, 0.717) is 12.1 Å². The quantitative estimate of drug-likeness (QED) is 0.721. The van der Waals surface area contributed by atoms with Crippen LogP contribution in [0.5, 0.6) is 0 Å². The molecule has 0 bridgehead atoms. The molecule has 3 heteroatoms. The summed E-state index contributed by atoms with van der Waals surface area (Å²) in [6, 6.07) is 3.26. The zero-order valence-corrected chi connectivity index (χ0v) is 12.7. The molecule has 18 heavy (non-hydrogen) atoms. The van der Waals surface area contributed by atoms with Gasteiger partial charge < -0.3 is 4.90 Å². The molecule has 0 aliphatic heterocycles. The predicted octanol–water partition coefficient (Wildman–Crippen LogP) is 2.78. The first kappa shape index (κ1) is 15.5. The van der Waals surface area contributed by atoms with Crippen molar-refractivity contribution < 1.29 is 0 Å². The fraction of sp³-hybridized carbons (Fsp3) is 0.933. The molecule has 1 saturated carbocycles. The summed E-state index contributed by atoms with van der Waals surface area (Å²) in [5.74, 6) is 0.916. The van der Waals surface area contributed by atoms with Crippen LogP contribution in [0.2, 0.25) is 0 Å². The zero-order valence-electron chi connectivity index (χ0n) is 12.7. The molecule has 1 fully saturated rings. The molecular weight excluding hydrogens is 222 g/mol. The average molecular weight is 251 g/mol. The van der Waals surface area contributed by atoms with Crippen LogP contribution in [0.4, 0.5) is 0 Å². The third kappa shape index (κ3) is 4.96. The van der Waals surface area contributed by atoms with Crippen molar-refractivity contribution >= 4 is 0 Å². The molecule has 1 aliphatic carbocycles. The van der Waals surface area contributed by atoms with E-state index in [-0.39, 0.29) is 0 Å². The van der Waals surface area contributed by atoms with E-state index in [4.69, 9.17) is 0 Å². The van der Waals surface area contributed by atoms with Gasteiger partial charge in [0.2, 0.25) is 0 Å². The Bertz CT molecular complexity index is 291. The van der Waals surface area contributed by atoms with Crippen molar-refractivity contribution in [1.82, 2.24) is 10.2 Å². The van der Waals surface area contributed by atoms with Gasteiger partial charge in [-0.3, -0.25) is 5.32 Å². The summed E-state index contributed by atoms with van der Waals surface area (Å²) in [7, 11) is 0. The summed E-state index contributed by atoms with van der Waals surface area (Å²) in [5.41, 5.74) is -0.412. The number of hydrogen-bond acceptors (Lipinski definition) is 3. The lowest BCUT2D eigenvalue weighted by Gasteiger charge is -2.34. The van der Waals surface area contributed by atoms with Crippen LogP contribution in [0, 0.1) is 17.2 Å². The van der Waals surface area contributed by atoms with Crippen LogP contribution in [-0.4, -0.2) is 35.6 Å². The number of nitrogens with one attached hydrogen (secondary N) is 1. The minimum atomic E-state index is -0.412. The monoisotopic (exact) mass is 251 g/mol. The summed E-state index contributed by atoms with van der Waals surface area (Å²) < 4.78 is 0. The molecule has 1 rings (SSSR count). The summed E-state index contributed by atoms with van der Waals surface area (Å²) in [5, 5.41) is 12.8. The smallest absolute Gasteiger partial charge is 0.105 e. The molecule has 1 N–H and O–H groups in total. The van der Waals surface area contributed by atoms with Crippen LogP contribution >= 0.6 is 0 Å². The highest BCUT2D eigenvalue weighted by molar-refractivity contribution is 5.06. The van der Waals surface area contributed by atoms with Gasteiger partial charge in [-0.25, -0.2) is 0 Å². The Hall–Kier alpha value is -0.590. The highest BCUT2D eigenvalue weighted by atomic mass is 15.2. The van der Waals surface area contributed by atoms with Crippen LogP contribution in [0.25, 0.3) is 0 Å². The highest BCUT2D eigenvalue weighted by Gasteiger charge is 2.31. The van der Waals surface area contributed by atoms with Gasteiger partial charge in [0.05, 0.1) is 6.07 Å². The van der Waals surface area contributed by atoms with Crippen LogP contribution in [-0.2, 0) is 0 Å². The molecule has 0 radical (unpaired) electrons. The van der Waals surface area contributed by atoms with Gasteiger partial charge in [-0.1, -0.05) is 6.92 Å². The van der Waals surface area contributed by atoms with E-state index < -0.39 is 5.54 Å². The first-order chi connectivity index (χ1) is 8.40. The van der Waals surface area contributed by atoms with Crippen molar-refractivity contribution in [3.05, 3.63) is 0 Å². The number of nitrogens with zero attached hydrogens (tertiary/aromatic N) is 2. The minimum absolute atomic E-state index is 0.348. The van der Waals surface area contributed by atoms with E-state index in [1.165, 1.54) is 19.4 Å². The summed E-state index contributed by atoms with van der Waals surface area (Å²) in [4.78, 5) is 2.52. The molecule has 0 saturated heterocycles. The molecule has 104 valence electrons. The number of hydrogen-bond donors (Lipinski definition) is 1. The molecule has 3 nitrogen and oxygen atoms in total. The zero-order chi connectivity index (χ0) is 13.8. The van der Waals surface area contributed by atoms with E-state index in [0.717, 1.165) is 18.9 Å². The molecule has 0 spiro atoms. The third-order valence-corrected chi connectivity index (χ3v) is 3.78. The van der Waals surface area contributed by atoms with Crippen molar-refractivity contribution in [3.8, 4) is 6.07 Å². The lowest BCUT2D eigenvalue weighted by Crippen LogP contribution is -2.50. The van der Waals surface area contributed by atoms with Crippen molar-refractivity contribution in [3.63, 3.8) is 0 Å². The molecule has 0 heterocycles. The predicted molar refractivity (Wildman–Crippen MR) is 76.3 cm³/mol. The number of rotatable bonds is 8. The van der Waals surface area contributed by atoms with Crippen LogP contribution in [0.3, 0.4) is 0 Å². The first-order valence-electron chi connectivity index (χ1n) is 7.33. The summed E-state index contributed by atoms with van der Waals surface area (Å²) >= 11 is 0. The van der Waals surface area contributed by atoms with E-state index >= 15 is 0 Å². The van der Waals surface area contributed by atoms with E-state index in [2.05, 4.69) is 44.0 Å². The molecule has 0 amide bonds. The SMILES string of the molecule is CCN(CC1CC1)C(C)CC(C)(C#N)NC(C)C. The molecule has 1 aliphatic rings. The van der Waals surface area contributed by atoms with Crippen molar-refractivity contribution in [2.45, 2.75) is 71.5 Å². The van der Waals surface area contributed by atoms with Gasteiger partial charge in [0.25, 0.3) is 0 Å². The lowest BCUT2D eigenvalue weighted by atomic mass is 9.93. The third-order valence-electron chi connectivity index (χ3n) is 3.78. The van der Waals surface area contributed by atoms with E-state index in [1.54, 1.807) is 0 Å². The van der Waals surface area contributed by atoms with Crippen LogP contribution in [0.1, 0.15) is 53.9 Å². The Morgan fingerprint density at radius 3 is 2.39 bits per heavy atom. The Labute approximate surface area is 113 Å². The second-order valence-corrected chi connectivity index (χ2v) is 6.33. The maximum absolute atomic E-state index is 9.40. The van der Waals surface area contributed by atoms with E-state index in [9.17, 15) is 5.26 Å². The maximum atomic E-state index is 9.40. The Morgan fingerprint density at radius 2 is 2.00 bits per heavy atom. The van der Waals surface area contributed by atoms with Crippen molar-refractivity contribution in [1.29, 1.82) is 5.26 Å². The van der Waals surface area contributed by atoms with Gasteiger partial charge in [-0.2, -0.15) is 5.26 Å². The van der Waals surface area contributed by atoms with Gasteiger partial charge in [0.15, 0.2) is 0 Å².